The smallest absolute Gasteiger partial charge is 0.242 e. The third-order valence-corrected chi connectivity index (χ3v) is 4.09. The Bertz CT molecular complexity index is 263. The van der Waals surface area contributed by atoms with Gasteiger partial charge in [-0.05, 0) is 26.2 Å². The van der Waals surface area contributed by atoms with Crippen molar-refractivity contribution < 1.29 is 9.53 Å². The molecule has 1 amide bonds. The lowest BCUT2D eigenvalue weighted by Gasteiger charge is -2.39. The molecule has 4 heteroatoms. The van der Waals surface area contributed by atoms with Gasteiger partial charge in [0.15, 0.2) is 0 Å². The second-order valence-corrected chi connectivity index (χ2v) is 5.47. The van der Waals surface area contributed by atoms with E-state index in [0.717, 1.165) is 32.1 Å². The lowest BCUT2D eigenvalue weighted by Crippen LogP contribution is -2.58. The molecule has 1 aliphatic carbocycles. The van der Waals surface area contributed by atoms with Crippen LogP contribution in [-0.2, 0) is 9.53 Å². The Morgan fingerprint density at radius 3 is 2.50 bits per heavy atom. The zero-order valence-corrected chi connectivity index (χ0v) is 12.1. The van der Waals surface area contributed by atoms with Gasteiger partial charge in [-0.25, -0.2) is 0 Å². The maximum atomic E-state index is 12.7. The van der Waals surface area contributed by atoms with E-state index in [9.17, 15) is 4.79 Å². The fourth-order valence-corrected chi connectivity index (χ4v) is 2.61. The van der Waals surface area contributed by atoms with Crippen LogP contribution in [0.4, 0.5) is 0 Å². The first-order valence-corrected chi connectivity index (χ1v) is 7.14. The molecular weight excluding hydrogens is 228 g/mol. The number of carbonyl (C=O) groups excluding carboxylic acids is 1. The first-order chi connectivity index (χ1) is 8.55. The summed E-state index contributed by atoms with van der Waals surface area (Å²) >= 11 is 0. The van der Waals surface area contributed by atoms with Gasteiger partial charge < -0.3 is 15.4 Å². The van der Waals surface area contributed by atoms with Gasteiger partial charge in [-0.1, -0.05) is 26.2 Å². The Morgan fingerprint density at radius 2 is 2.00 bits per heavy atom. The second-order valence-electron chi connectivity index (χ2n) is 5.47. The molecule has 18 heavy (non-hydrogen) atoms. The molecule has 1 saturated carbocycles. The molecule has 4 nitrogen and oxygen atoms in total. The van der Waals surface area contributed by atoms with Crippen LogP contribution in [0.5, 0.6) is 0 Å². The fraction of sp³-hybridized carbons (Fsp3) is 0.929. The Morgan fingerprint density at radius 1 is 1.39 bits per heavy atom. The Labute approximate surface area is 111 Å². The van der Waals surface area contributed by atoms with Crippen molar-refractivity contribution in [3.63, 3.8) is 0 Å². The van der Waals surface area contributed by atoms with Crippen molar-refractivity contribution in [2.24, 2.45) is 5.73 Å². The van der Waals surface area contributed by atoms with Crippen LogP contribution < -0.4 is 5.73 Å². The van der Waals surface area contributed by atoms with E-state index in [-0.39, 0.29) is 11.9 Å². The van der Waals surface area contributed by atoms with Crippen molar-refractivity contribution >= 4 is 5.91 Å². The summed E-state index contributed by atoms with van der Waals surface area (Å²) in [4.78, 5) is 14.6. The standard InChI is InChI=1S/C14H28N2O2/c1-4-12(2)16(10-11-18-3)13(17)14(15)8-6-5-7-9-14/h12H,4-11,15H2,1-3H3. The number of amides is 1. The molecule has 2 N–H and O–H groups in total. The molecule has 0 aromatic rings. The third kappa shape index (κ3) is 3.69. The average Bonchev–Trinajstić information content (AvgIpc) is 2.39. The summed E-state index contributed by atoms with van der Waals surface area (Å²) in [6, 6.07) is 0.231. The minimum absolute atomic E-state index is 0.119. The summed E-state index contributed by atoms with van der Waals surface area (Å²) in [5, 5.41) is 0. The highest BCUT2D eigenvalue weighted by atomic mass is 16.5. The summed E-state index contributed by atoms with van der Waals surface area (Å²) in [5.74, 6) is 0.119. The van der Waals surface area contributed by atoms with E-state index >= 15 is 0 Å². The molecule has 1 fully saturated rings. The number of hydrogen-bond acceptors (Lipinski definition) is 3. The van der Waals surface area contributed by atoms with Gasteiger partial charge in [0.25, 0.3) is 0 Å². The van der Waals surface area contributed by atoms with Crippen molar-refractivity contribution in [2.75, 3.05) is 20.3 Å². The van der Waals surface area contributed by atoms with Crippen molar-refractivity contribution in [1.29, 1.82) is 0 Å². The summed E-state index contributed by atoms with van der Waals surface area (Å²) < 4.78 is 5.10. The maximum Gasteiger partial charge on any atom is 0.242 e. The van der Waals surface area contributed by atoms with Crippen molar-refractivity contribution in [3.8, 4) is 0 Å². The first kappa shape index (κ1) is 15.4. The van der Waals surface area contributed by atoms with Crippen LogP contribution in [0.1, 0.15) is 52.4 Å². The molecule has 0 heterocycles. The van der Waals surface area contributed by atoms with Gasteiger partial charge >= 0.3 is 0 Å². The number of nitrogens with zero attached hydrogens (tertiary/aromatic N) is 1. The zero-order valence-electron chi connectivity index (χ0n) is 12.1. The molecule has 1 unspecified atom stereocenters. The van der Waals surface area contributed by atoms with Crippen LogP contribution in [0, 0.1) is 0 Å². The summed E-state index contributed by atoms with van der Waals surface area (Å²) in [5.41, 5.74) is 5.71. The molecule has 0 bridgehead atoms. The topological polar surface area (TPSA) is 55.6 Å². The van der Waals surface area contributed by atoms with E-state index in [1.807, 2.05) is 4.90 Å². The highest BCUT2D eigenvalue weighted by molar-refractivity contribution is 5.86. The van der Waals surface area contributed by atoms with Gasteiger partial charge in [0.05, 0.1) is 12.1 Å². The number of hydrogen-bond donors (Lipinski definition) is 1. The van der Waals surface area contributed by atoms with Crippen molar-refractivity contribution in [2.45, 2.75) is 64.0 Å². The molecule has 0 aromatic heterocycles. The summed E-state index contributed by atoms with van der Waals surface area (Å²) in [6.45, 7) is 5.40. The number of rotatable bonds is 6. The largest absolute Gasteiger partial charge is 0.383 e. The van der Waals surface area contributed by atoms with E-state index < -0.39 is 5.54 Å². The SMILES string of the molecule is CCC(C)N(CCOC)C(=O)C1(N)CCCCC1. The van der Waals surface area contributed by atoms with E-state index in [1.54, 1.807) is 7.11 Å². The van der Waals surface area contributed by atoms with Crippen LogP contribution in [0.2, 0.25) is 0 Å². The first-order valence-electron chi connectivity index (χ1n) is 7.14. The summed E-state index contributed by atoms with van der Waals surface area (Å²) in [7, 11) is 1.66. The maximum absolute atomic E-state index is 12.7. The predicted molar refractivity (Wildman–Crippen MR) is 73.3 cm³/mol. The minimum atomic E-state index is -0.630. The van der Waals surface area contributed by atoms with E-state index in [0.29, 0.717) is 13.2 Å². The number of nitrogens with two attached hydrogens (primary N) is 1. The molecule has 0 radical (unpaired) electrons. The van der Waals surface area contributed by atoms with E-state index in [4.69, 9.17) is 10.5 Å². The fourth-order valence-electron chi connectivity index (χ4n) is 2.61. The van der Waals surface area contributed by atoms with Gasteiger partial charge in [-0.2, -0.15) is 0 Å². The highest BCUT2D eigenvalue weighted by Crippen LogP contribution is 2.28. The number of carbonyl (C=O) groups is 1. The van der Waals surface area contributed by atoms with Crippen molar-refractivity contribution in [3.05, 3.63) is 0 Å². The minimum Gasteiger partial charge on any atom is -0.383 e. The number of ether oxygens (including phenoxy) is 1. The van der Waals surface area contributed by atoms with E-state index in [1.165, 1.54) is 6.42 Å². The quantitative estimate of drug-likeness (QED) is 0.790. The molecule has 106 valence electrons. The Kier molecular flexibility index (Phi) is 6.09. The van der Waals surface area contributed by atoms with Crippen LogP contribution in [0.3, 0.4) is 0 Å². The Balaban J connectivity index is 2.73. The van der Waals surface area contributed by atoms with Crippen LogP contribution in [-0.4, -0.2) is 42.6 Å². The van der Waals surface area contributed by atoms with E-state index in [2.05, 4.69) is 13.8 Å². The molecule has 0 aliphatic heterocycles. The molecule has 0 saturated heterocycles. The van der Waals surface area contributed by atoms with Gasteiger partial charge in [0.1, 0.15) is 0 Å². The van der Waals surface area contributed by atoms with Gasteiger partial charge in [-0.3, -0.25) is 4.79 Å². The molecule has 0 spiro atoms. The molecule has 1 atom stereocenters. The normalized spacial score (nSPS) is 20.4. The second kappa shape index (κ2) is 7.10. The monoisotopic (exact) mass is 256 g/mol. The van der Waals surface area contributed by atoms with Crippen LogP contribution >= 0.6 is 0 Å². The average molecular weight is 256 g/mol. The lowest BCUT2D eigenvalue weighted by molar-refractivity contribution is -0.141. The molecule has 1 rings (SSSR count). The Hall–Kier alpha value is -0.610. The zero-order chi connectivity index (χ0) is 13.6. The lowest BCUT2D eigenvalue weighted by atomic mass is 9.81. The third-order valence-electron chi connectivity index (χ3n) is 4.09. The molecule has 0 aromatic carbocycles. The van der Waals surface area contributed by atoms with Gasteiger partial charge in [-0.15, -0.1) is 0 Å². The van der Waals surface area contributed by atoms with Crippen molar-refractivity contribution in [1.82, 2.24) is 4.90 Å². The van der Waals surface area contributed by atoms with Crippen LogP contribution in [0.25, 0.3) is 0 Å². The highest BCUT2D eigenvalue weighted by Gasteiger charge is 2.39. The van der Waals surface area contributed by atoms with Gasteiger partial charge in [0.2, 0.25) is 5.91 Å². The predicted octanol–water partition coefficient (Wildman–Crippen LogP) is 1.92. The summed E-state index contributed by atoms with van der Waals surface area (Å²) in [6.07, 6.45) is 5.94. The number of methoxy groups -OCH3 is 1. The van der Waals surface area contributed by atoms with Gasteiger partial charge in [0, 0.05) is 19.7 Å². The molecule has 1 aliphatic rings. The van der Waals surface area contributed by atoms with Crippen LogP contribution in [0.15, 0.2) is 0 Å². The molecular formula is C14H28N2O2.